The van der Waals surface area contributed by atoms with Crippen LogP contribution >= 0.6 is 0 Å². The van der Waals surface area contributed by atoms with Crippen molar-refractivity contribution in [2.45, 2.75) is 57.5 Å². The van der Waals surface area contributed by atoms with Crippen molar-refractivity contribution in [3.05, 3.63) is 89.8 Å². The highest BCUT2D eigenvalue weighted by atomic mass is 19.2. The minimum atomic E-state index is -0.782. The highest BCUT2D eigenvalue weighted by Crippen LogP contribution is 2.40. The first kappa shape index (κ1) is 24.5. The van der Waals surface area contributed by atoms with E-state index in [1.54, 1.807) is 36.4 Å². The van der Waals surface area contributed by atoms with Crippen LogP contribution in [0.25, 0.3) is 17.2 Å². The van der Waals surface area contributed by atoms with Crippen molar-refractivity contribution in [3.63, 3.8) is 0 Å². The maximum atomic E-state index is 15.0. The van der Waals surface area contributed by atoms with Crippen molar-refractivity contribution in [1.82, 2.24) is 0 Å². The van der Waals surface area contributed by atoms with Crippen molar-refractivity contribution < 1.29 is 17.9 Å². The summed E-state index contributed by atoms with van der Waals surface area (Å²) in [5.41, 5.74) is 2.33. The van der Waals surface area contributed by atoms with Crippen LogP contribution in [0.4, 0.5) is 13.2 Å². The third-order valence-corrected chi connectivity index (χ3v) is 7.24. The Hall–Kier alpha value is -2.59. The fraction of sp³-hybridized carbons (Fsp3) is 0.400. The Morgan fingerprint density at radius 2 is 1.62 bits per heavy atom. The summed E-state index contributed by atoms with van der Waals surface area (Å²) in [6, 6.07) is 10.7. The molecule has 0 bridgehead atoms. The average Bonchev–Trinajstić information content (AvgIpc) is 2.86. The molecule has 2 aliphatic rings. The van der Waals surface area contributed by atoms with Gasteiger partial charge in [0.2, 0.25) is 0 Å². The van der Waals surface area contributed by atoms with E-state index >= 15 is 4.39 Å². The molecule has 4 heteroatoms. The quantitative estimate of drug-likeness (QED) is 0.371. The van der Waals surface area contributed by atoms with Crippen LogP contribution in [0.3, 0.4) is 0 Å². The normalized spacial score (nSPS) is 25.4. The largest absolute Gasteiger partial charge is 0.374 e. The van der Waals surface area contributed by atoms with Crippen LogP contribution < -0.4 is 0 Å². The molecule has 0 aromatic heterocycles. The molecule has 2 atom stereocenters. The van der Waals surface area contributed by atoms with E-state index in [-0.39, 0.29) is 29.3 Å². The summed E-state index contributed by atoms with van der Waals surface area (Å²) < 4.78 is 49.9. The van der Waals surface area contributed by atoms with Gasteiger partial charge in [-0.3, -0.25) is 0 Å². The molecule has 0 heterocycles. The van der Waals surface area contributed by atoms with Gasteiger partial charge < -0.3 is 4.74 Å². The van der Waals surface area contributed by atoms with Gasteiger partial charge in [0.25, 0.3) is 0 Å². The minimum absolute atomic E-state index is 0.00889. The Balaban J connectivity index is 1.37. The Morgan fingerprint density at radius 3 is 2.26 bits per heavy atom. The first-order valence-corrected chi connectivity index (χ1v) is 12.4. The predicted molar refractivity (Wildman–Crippen MR) is 133 cm³/mol. The standard InChI is InChI=1S/C30H33F3O/c1-3-20-5-10-22(11-6-20)26-17-18-27(30(33)29(26)32)23-12-7-21(8-13-23)9-14-24-15-16-25(34-4-2)19-28(24)31/h3,5-6,9-11,14,17-19,21,23-25H,1,4,7-8,12-13,15-16H2,2H3/b14-9+. The molecular formula is C30H33F3O. The summed E-state index contributed by atoms with van der Waals surface area (Å²) in [5.74, 6) is -1.43. The lowest BCUT2D eigenvalue weighted by molar-refractivity contribution is 0.0789. The fourth-order valence-corrected chi connectivity index (χ4v) is 5.22. The predicted octanol–water partition coefficient (Wildman–Crippen LogP) is 8.77. The van der Waals surface area contributed by atoms with E-state index in [1.807, 2.05) is 25.1 Å². The van der Waals surface area contributed by atoms with Crippen molar-refractivity contribution in [3.8, 4) is 11.1 Å². The molecule has 1 saturated carbocycles. The van der Waals surface area contributed by atoms with Crippen molar-refractivity contribution in [1.29, 1.82) is 0 Å². The molecule has 0 aliphatic heterocycles. The van der Waals surface area contributed by atoms with Gasteiger partial charge >= 0.3 is 0 Å². The first-order chi connectivity index (χ1) is 16.5. The van der Waals surface area contributed by atoms with E-state index in [4.69, 9.17) is 4.74 Å². The van der Waals surface area contributed by atoms with Gasteiger partial charge in [0.1, 0.15) is 5.83 Å². The second-order valence-electron chi connectivity index (χ2n) is 9.38. The maximum Gasteiger partial charge on any atom is 0.166 e. The molecular weight excluding hydrogens is 433 g/mol. The lowest BCUT2D eigenvalue weighted by atomic mass is 9.77. The van der Waals surface area contributed by atoms with Gasteiger partial charge in [0, 0.05) is 18.1 Å². The molecule has 2 aromatic carbocycles. The van der Waals surface area contributed by atoms with Crippen LogP contribution in [-0.2, 0) is 4.74 Å². The number of allylic oxidation sites excluding steroid dienone is 3. The van der Waals surface area contributed by atoms with E-state index in [0.29, 0.717) is 23.7 Å². The fourth-order valence-electron chi connectivity index (χ4n) is 5.22. The van der Waals surface area contributed by atoms with Gasteiger partial charge in [0.05, 0.1) is 6.10 Å². The topological polar surface area (TPSA) is 9.23 Å². The number of benzene rings is 2. The molecule has 4 rings (SSSR count). The molecule has 0 radical (unpaired) electrons. The molecule has 0 amide bonds. The molecule has 1 fully saturated rings. The second kappa shape index (κ2) is 11.2. The summed E-state index contributed by atoms with van der Waals surface area (Å²) in [7, 11) is 0. The van der Waals surface area contributed by atoms with Crippen LogP contribution in [0.1, 0.15) is 62.5 Å². The maximum absolute atomic E-state index is 15.0. The summed E-state index contributed by atoms with van der Waals surface area (Å²) in [6.07, 6.45) is 12.3. The summed E-state index contributed by atoms with van der Waals surface area (Å²) in [6.45, 7) is 6.23. The van der Waals surface area contributed by atoms with Gasteiger partial charge in [-0.15, -0.1) is 0 Å². The van der Waals surface area contributed by atoms with E-state index < -0.39 is 11.6 Å². The van der Waals surface area contributed by atoms with E-state index in [2.05, 4.69) is 12.7 Å². The van der Waals surface area contributed by atoms with E-state index in [1.165, 1.54) is 0 Å². The molecule has 180 valence electrons. The summed E-state index contributed by atoms with van der Waals surface area (Å²) in [4.78, 5) is 0. The number of halogens is 3. The lowest BCUT2D eigenvalue weighted by Gasteiger charge is -2.28. The van der Waals surface area contributed by atoms with Crippen LogP contribution in [0, 0.1) is 23.5 Å². The number of hydrogen-bond acceptors (Lipinski definition) is 1. The Morgan fingerprint density at radius 1 is 0.882 bits per heavy atom. The smallest absolute Gasteiger partial charge is 0.166 e. The third kappa shape index (κ3) is 5.55. The van der Waals surface area contributed by atoms with Crippen LogP contribution in [0.2, 0.25) is 0 Å². The second-order valence-corrected chi connectivity index (χ2v) is 9.38. The molecule has 0 N–H and O–H groups in total. The Kier molecular flexibility index (Phi) is 8.10. The molecule has 0 spiro atoms. The van der Waals surface area contributed by atoms with Crippen LogP contribution in [0.15, 0.2) is 67.0 Å². The molecule has 2 unspecified atom stereocenters. The third-order valence-electron chi connectivity index (χ3n) is 7.24. The minimum Gasteiger partial charge on any atom is -0.374 e. The van der Waals surface area contributed by atoms with Crippen LogP contribution in [0.5, 0.6) is 0 Å². The Labute approximate surface area is 201 Å². The van der Waals surface area contributed by atoms with E-state index in [0.717, 1.165) is 44.1 Å². The average molecular weight is 467 g/mol. The number of hydrogen-bond donors (Lipinski definition) is 0. The van der Waals surface area contributed by atoms with Gasteiger partial charge in [-0.1, -0.05) is 61.2 Å². The van der Waals surface area contributed by atoms with Crippen LogP contribution in [-0.4, -0.2) is 12.7 Å². The first-order valence-electron chi connectivity index (χ1n) is 12.4. The van der Waals surface area contributed by atoms with Crippen molar-refractivity contribution in [2.24, 2.45) is 11.8 Å². The SMILES string of the molecule is C=Cc1ccc(-c2ccc(C3CCC(/C=C/C4CCC(OCC)C=C4F)CC3)c(F)c2F)cc1. The number of rotatable bonds is 7. The zero-order valence-corrected chi connectivity index (χ0v) is 19.8. The molecule has 0 saturated heterocycles. The van der Waals surface area contributed by atoms with Crippen molar-refractivity contribution >= 4 is 6.08 Å². The monoisotopic (exact) mass is 466 g/mol. The molecule has 34 heavy (non-hydrogen) atoms. The van der Waals surface area contributed by atoms with Gasteiger partial charge in [0.15, 0.2) is 11.6 Å². The molecule has 2 aliphatic carbocycles. The van der Waals surface area contributed by atoms with Crippen molar-refractivity contribution in [2.75, 3.05) is 6.61 Å². The lowest BCUT2D eigenvalue weighted by Crippen LogP contribution is -2.18. The summed E-state index contributed by atoms with van der Waals surface area (Å²) >= 11 is 0. The van der Waals surface area contributed by atoms with Gasteiger partial charge in [-0.05, 0) is 80.1 Å². The molecule has 1 nitrogen and oxygen atoms in total. The summed E-state index contributed by atoms with van der Waals surface area (Å²) in [5, 5.41) is 0. The number of ether oxygens (including phenoxy) is 1. The zero-order chi connectivity index (χ0) is 24.1. The molecule has 2 aromatic rings. The highest BCUT2D eigenvalue weighted by molar-refractivity contribution is 5.66. The van der Waals surface area contributed by atoms with Gasteiger partial charge in [-0.25, -0.2) is 13.2 Å². The Bertz CT molecular complexity index is 1050. The highest BCUT2D eigenvalue weighted by Gasteiger charge is 2.27. The van der Waals surface area contributed by atoms with E-state index in [9.17, 15) is 8.78 Å². The zero-order valence-electron chi connectivity index (χ0n) is 19.8. The van der Waals surface area contributed by atoms with Gasteiger partial charge in [-0.2, -0.15) is 0 Å².